The summed E-state index contributed by atoms with van der Waals surface area (Å²) in [6.07, 6.45) is -0.0412. The van der Waals surface area contributed by atoms with Crippen LogP contribution >= 0.6 is 15.9 Å². The van der Waals surface area contributed by atoms with Gasteiger partial charge in [0.25, 0.3) is 0 Å². The lowest BCUT2D eigenvalue weighted by Gasteiger charge is -2.17. The molecule has 1 aromatic carbocycles. The van der Waals surface area contributed by atoms with Crippen molar-refractivity contribution in [2.24, 2.45) is 0 Å². The Morgan fingerprint density at radius 3 is 2.32 bits per heavy atom. The second-order valence-corrected chi connectivity index (χ2v) is 5.51. The van der Waals surface area contributed by atoms with Crippen LogP contribution in [-0.4, -0.2) is 9.97 Å². The predicted octanol–water partition coefficient (Wildman–Crippen LogP) is 4.30. The smallest absolute Gasteiger partial charge is 0.220 e. The highest BCUT2D eigenvalue weighted by atomic mass is 79.9. The molecule has 1 heterocycles. The van der Waals surface area contributed by atoms with Gasteiger partial charge in [-0.15, -0.1) is 0 Å². The fraction of sp³-hybridized carbons (Fsp3) is 0.333. The number of aryl methyl sites for hydroxylation is 2. The van der Waals surface area contributed by atoms with Crippen LogP contribution < -0.4 is 4.74 Å². The molecule has 0 N–H and O–H groups in total. The Labute approximate surface area is 122 Å². The highest BCUT2D eigenvalue weighted by Gasteiger charge is 2.12. The number of rotatable bonds is 3. The lowest BCUT2D eigenvalue weighted by Crippen LogP contribution is -2.08. The van der Waals surface area contributed by atoms with E-state index < -0.39 is 0 Å². The lowest BCUT2D eigenvalue weighted by molar-refractivity contribution is 0.214. The number of nitrogens with zero attached hydrogens (tertiary/aromatic N) is 2. The molecule has 0 aliphatic carbocycles. The number of benzene rings is 1. The molecule has 1 atom stereocenters. The summed E-state index contributed by atoms with van der Waals surface area (Å²) < 4.78 is 7.03. The van der Waals surface area contributed by atoms with Gasteiger partial charge in [-0.3, -0.25) is 0 Å². The van der Waals surface area contributed by atoms with Crippen LogP contribution in [0.25, 0.3) is 0 Å². The monoisotopic (exact) mass is 320 g/mol. The molecule has 1 aromatic heterocycles. The van der Waals surface area contributed by atoms with Crippen LogP contribution in [0.1, 0.15) is 35.7 Å². The maximum atomic E-state index is 5.97. The van der Waals surface area contributed by atoms with Crippen molar-refractivity contribution in [2.75, 3.05) is 0 Å². The Balaban J connectivity index is 2.23. The standard InChI is InChI=1S/C15H17BrN2O/c1-9-10(2)17-12(4)18-15(9)19-11(3)13-5-7-14(16)8-6-13/h5-8,11H,1-4H3/t11-/m0/s1. The molecule has 100 valence electrons. The number of halogens is 1. The molecule has 19 heavy (non-hydrogen) atoms. The quantitative estimate of drug-likeness (QED) is 0.845. The summed E-state index contributed by atoms with van der Waals surface area (Å²) in [5.41, 5.74) is 3.08. The van der Waals surface area contributed by atoms with Gasteiger partial charge in [0.1, 0.15) is 11.9 Å². The summed E-state index contributed by atoms with van der Waals surface area (Å²) in [6.45, 7) is 7.86. The third-order valence-electron chi connectivity index (χ3n) is 3.08. The molecule has 0 aliphatic heterocycles. The van der Waals surface area contributed by atoms with E-state index in [1.165, 1.54) is 0 Å². The summed E-state index contributed by atoms with van der Waals surface area (Å²) in [7, 11) is 0. The van der Waals surface area contributed by atoms with Gasteiger partial charge in [0.15, 0.2) is 0 Å². The van der Waals surface area contributed by atoms with Crippen molar-refractivity contribution >= 4 is 15.9 Å². The second kappa shape index (κ2) is 5.70. The average Bonchev–Trinajstić information content (AvgIpc) is 2.36. The first-order chi connectivity index (χ1) is 8.97. The van der Waals surface area contributed by atoms with E-state index in [0.717, 1.165) is 27.1 Å². The molecule has 0 bridgehead atoms. The maximum absolute atomic E-state index is 5.97. The lowest BCUT2D eigenvalue weighted by atomic mass is 10.1. The molecular weight excluding hydrogens is 304 g/mol. The molecular formula is C15H17BrN2O. The molecule has 2 rings (SSSR count). The Kier molecular flexibility index (Phi) is 4.20. The fourth-order valence-corrected chi connectivity index (χ4v) is 2.09. The van der Waals surface area contributed by atoms with Gasteiger partial charge in [-0.2, -0.15) is 4.98 Å². The summed E-state index contributed by atoms with van der Waals surface area (Å²) >= 11 is 3.43. The minimum Gasteiger partial charge on any atom is -0.469 e. The van der Waals surface area contributed by atoms with Crippen LogP contribution in [0.5, 0.6) is 5.88 Å². The van der Waals surface area contributed by atoms with Gasteiger partial charge in [0.2, 0.25) is 5.88 Å². The first-order valence-corrected chi connectivity index (χ1v) is 7.00. The molecule has 0 amide bonds. The van der Waals surface area contributed by atoms with Crippen LogP contribution in [0.3, 0.4) is 0 Å². The molecule has 0 aliphatic rings. The van der Waals surface area contributed by atoms with Crippen LogP contribution in [0.2, 0.25) is 0 Å². The zero-order chi connectivity index (χ0) is 14.0. The zero-order valence-electron chi connectivity index (χ0n) is 11.6. The molecule has 0 saturated carbocycles. The van der Waals surface area contributed by atoms with Crippen molar-refractivity contribution in [1.82, 2.24) is 9.97 Å². The Morgan fingerprint density at radius 1 is 1.05 bits per heavy atom. The zero-order valence-corrected chi connectivity index (χ0v) is 13.2. The summed E-state index contributed by atoms with van der Waals surface area (Å²) in [5.74, 6) is 1.40. The average molecular weight is 321 g/mol. The van der Waals surface area contributed by atoms with Gasteiger partial charge in [0.05, 0.1) is 0 Å². The third kappa shape index (κ3) is 3.32. The van der Waals surface area contributed by atoms with Gasteiger partial charge in [-0.1, -0.05) is 28.1 Å². The van der Waals surface area contributed by atoms with Crippen molar-refractivity contribution in [1.29, 1.82) is 0 Å². The van der Waals surface area contributed by atoms with E-state index in [4.69, 9.17) is 4.74 Å². The molecule has 0 radical (unpaired) electrons. The number of ether oxygens (including phenoxy) is 1. The molecule has 0 fully saturated rings. The topological polar surface area (TPSA) is 35.0 Å². The second-order valence-electron chi connectivity index (χ2n) is 4.60. The van der Waals surface area contributed by atoms with Crippen molar-refractivity contribution in [3.63, 3.8) is 0 Å². The van der Waals surface area contributed by atoms with E-state index >= 15 is 0 Å². The van der Waals surface area contributed by atoms with Gasteiger partial charge in [0, 0.05) is 15.7 Å². The van der Waals surface area contributed by atoms with Gasteiger partial charge >= 0.3 is 0 Å². The summed E-state index contributed by atoms with van der Waals surface area (Å²) in [4.78, 5) is 8.70. The van der Waals surface area contributed by atoms with Crippen LogP contribution in [-0.2, 0) is 0 Å². The van der Waals surface area contributed by atoms with Gasteiger partial charge < -0.3 is 4.74 Å². The number of hydrogen-bond acceptors (Lipinski definition) is 3. The first kappa shape index (κ1) is 14.0. The van der Waals surface area contributed by atoms with E-state index in [-0.39, 0.29) is 6.10 Å². The minimum absolute atomic E-state index is 0.0412. The Hall–Kier alpha value is -1.42. The third-order valence-corrected chi connectivity index (χ3v) is 3.61. The van der Waals surface area contributed by atoms with Gasteiger partial charge in [-0.05, 0) is 45.4 Å². The Morgan fingerprint density at radius 2 is 1.68 bits per heavy atom. The van der Waals surface area contributed by atoms with Crippen LogP contribution in [0.15, 0.2) is 28.7 Å². The Bertz CT molecular complexity index is 581. The van der Waals surface area contributed by atoms with Crippen molar-refractivity contribution in [3.8, 4) is 5.88 Å². The minimum atomic E-state index is -0.0412. The number of aromatic nitrogens is 2. The highest BCUT2D eigenvalue weighted by Crippen LogP contribution is 2.25. The van der Waals surface area contributed by atoms with Crippen molar-refractivity contribution in [2.45, 2.75) is 33.8 Å². The largest absolute Gasteiger partial charge is 0.469 e. The molecule has 3 nitrogen and oxygen atoms in total. The summed E-state index contributed by atoms with van der Waals surface area (Å²) in [5, 5.41) is 0. The summed E-state index contributed by atoms with van der Waals surface area (Å²) in [6, 6.07) is 8.12. The normalized spacial score (nSPS) is 12.3. The van der Waals surface area contributed by atoms with Crippen LogP contribution in [0, 0.1) is 20.8 Å². The predicted molar refractivity (Wildman–Crippen MR) is 79.4 cm³/mol. The van der Waals surface area contributed by atoms with Crippen LogP contribution in [0.4, 0.5) is 0 Å². The fourth-order valence-electron chi connectivity index (χ4n) is 1.82. The number of hydrogen-bond donors (Lipinski definition) is 0. The molecule has 0 unspecified atom stereocenters. The van der Waals surface area contributed by atoms with E-state index in [1.807, 2.05) is 52.0 Å². The van der Waals surface area contributed by atoms with Crippen molar-refractivity contribution in [3.05, 3.63) is 51.4 Å². The van der Waals surface area contributed by atoms with E-state index in [9.17, 15) is 0 Å². The van der Waals surface area contributed by atoms with Crippen molar-refractivity contribution < 1.29 is 4.74 Å². The molecule has 0 saturated heterocycles. The SMILES string of the molecule is Cc1nc(C)c(C)c(O[C@@H](C)c2ccc(Br)cc2)n1. The first-order valence-electron chi connectivity index (χ1n) is 6.21. The molecule has 0 spiro atoms. The molecule has 4 heteroatoms. The maximum Gasteiger partial charge on any atom is 0.220 e. The highest BCUT2D eigenvalue weighted by molar-refractivity contribution is 9.10. The molecule has 2 aromatic rings. The van der Waals surface area contributed by atoms with E-state index in [1.54, 1.807) is 0 Å². The van der Waals surface area contributed by atoms with E-state index in [0.29, 0.717) is 5.88 Å². The van der Waals surface area contributed by atoms with E-state index in [2.05, 4.69) is 25.9 Å². The van der Waals surface area contributed by atoms with Gasteiger partial charge in [-0.25, -0.2) is 4.98 Å².